The van der Waals surface area contributed by atoms with Crippen molar-refractivity contribution in [3.63, 3.8) is 0 Å². The Morgan fingerprint density at radius 2 is 1.77 bits per heavy atom. The maximum Gasteiger partial charge on any atom is 0.417 e. The van der Waals surface area contributed by atoms with E-state index in [2.05, 4.69) is 0 Å². The monoisotopic (exact) mass is 388 g/mol. The maximum atomic E-state index is 13.0. The lowest BCUT2D eigenvalue weighted by Gasteiger charge is -2.14. The van der Waals surface area contributed by atoms with Crippen LogP contribution in [0.3, 0.4) is 0 Å². The molecule has 26 heavy (non-hydrogen) atoms. The van der Waals surface area contributed by atoms with Gasteiger partial charge in [0.2, 0.25) is 5.91 Å². The quantitative estimate of drug-likeness (QED) is 0.608. The summed E-state index contributed by atoms with van der Waals surface area (Å²) in [6.45, 7) is 0. The molecule has 10 heteroatoms. The van der Waals surface area contributed by atoms with E-state index in [9.17, 15) is 33.0 Å². The van der Waals surface area contributed by atoms with Gasteiger partial charge in [-0.25, -0.2) is 0 Å². The molecule has 138 valence electrons. The van der Waals surface area contributed by atoms with Gasteiger partial charge in [-0.15, -0.1) is 0 Å². The minimum absolute atomic E-state index is 0.0621. The second kappa shape index (κ2) is 7.52. The van der Waals surface area contributed by atoms with Gasteiger partial charge < -0.3 is 10.2 Å². The first-order valence-electron chi connectivity index (χ1n) is 7.04. The molecule has 6 nitrogen and oxygen atoms in total. The second-order valence-electron chi connectivity index (χ2n) is 5.20. The van der Waals surface area contributed by atoms with Crippen LogP contribution in [0, 0.1) is 0 Å². The van der Waals surface area contributed by atoms with Crippen molar-refractivity contribution in [2.75, 3.05) is 0 Å². The Bertz CT molecular complexity index is 856. The van der Waals surface area contributed by atoms with Crippen LogP contribution in [0.5, 0.6) is 11.5 Å². The number of hydrazine groups is 1. The number of phenolic OH excluding ortho intramolecular Hbond substituents is 2. The Labute approximate surface area is 150 Å². The largest absolute Gasteiger partial charge is 0.508 e. The van der Waals surface area contributed by atoms with E-state index in [0.29, 0.717) is 17.7 Å². The minimum atomic E-state index is -4.92. The van der Waals surface area contributed by atoms with Crippen LogP contribution in [0.4, 0.5) is 13.2 Å². The third-order valence-electron chi connectivity index (χ3n) is 3.23. The number of halogens is 4. The number of hydrogen-bond donors (Lipinski definition) is 4. The third kappa shape index (κ3) is 4.79. The number of carbonyl (C=O) groups is 2. The zero-order chi connectivity index (χ0) is 19.5. The molecular formula is C16H12ClF3N2O4. The highest BCUT2D eigenvalue weighted by Crippen LogP contribution is 2.37. The molecule has 0 spiro atoms. The number of nitrogens with one attached hydrogen (secondary N) is 2. The smallest absolute Gasteiger partial charge is 0.417 e. The lowest BCUT2D eigenvalue weighted by molar-refractivity contribution is -0.138. The van der Waals surface area contributed by atoms with Crippen LogP contribution in [-0.4, -0.2) is 22.0 Å². The van der Waals surface area contributed by atoms with Crippen LogP contribution in [0.25, 0.3) is 0 Å². The summed E-state index contributed by atoms with van der Waals surface area (Å²) in [6, 6.07) is 6.74. The summed E-state index contributed by atoms with van der Waals surface area (Å²) in [5, 5.41) is 18.2. The summed E-state index contributed by atoms with van der Waals surface area (Å²) in [5.41, 5.74) is 1.98. The topological polar surface area (TPSA) is 98.7 Å². The van der Waals surface area contributed by atoms with E-state index in [-0.39, 0.29) is 12.2 Å². The molecule has 2 amide bonds. The van der Waals surface area contributed by atoms with Gasteiger partial charge in [-0.2, -0.15) is 13.2 Å². The summed E-state index contributed by atoms with van der Waals surface area (Å²) >= 11 is 5.56. The number of rotatable bonds is 3. The van der Waals surface area contributed by atoms with E-state index in [1.807, 2.05) is 10.9 Å². The molecule has 0 saturated carbocycles. The summed E-state index contributed by atoms with van der Waals surface area (Å²) in [5.74, 6) is -2.87. The number of alkyl halides is 3. The molecule has 0 radical (unpaired) electrons. The Kier molecular flexibility index (Phi) is 5.61. The summed E-state index contributed by atoms with van der Waals surface area (Å²) in [4.78, 5) is 23.7. The van der Waals surface area contributed by atoms with Gasteiger partial charge in [0.05, 0.1) is 22.6 Å². The van der Waals surface area contributed by atoms with Gasteiger partial charge in [0, 0.05) is 0 Å². The van der Waals surface area contributed by atoms with E-state index in [1.54, 1.807) is 6.07 Å². The third-order valence-corrected chi connectivity index (χ3v) is 3.53. The van der Waals surface area contributed by atoms with Gasteiger partial charge in [0.15, 0.2) is 0 Å². The highest BCUT2D eigenvalue weighted by Gasteiger charge is 2.36. The fraction of sp³-hybridized carbons (Fsp3) is 0.125. The van der Waals surface area contributed by atoms with Crippen molar-refractivity contribution < 1.29 is 33.0 Å². The molecule has 4 N–H and O–H groups in total. The SMILES string of the molecule is O=C(Cc1cccc(O)c1)NNC(=O)c1cc(Cl)c(O)cc1C(F)(F)F. The molecule has 2 rings (SSSR count). The number of amides is 2. The first-order chi connectivity index (χ1) is 12.1. The van der Waals surface area contributed by atoms with E-state index in [1.165, 1.54) is 18.2 Å². The molecule has 0 atom stereocenters. The van der Waals surface area contributed by atoms with E-state index < -0.39 is 39.9 Å². The number of benzene rings is 2. The zero-order valence-corrected chi connectivity index (χ0v) is 13.6. The molecule has 0 aromatic heterocycles. The Hall–Kier alpha value is -2.94. The molecule has 0 aliphatic heterocycles. The summed E-state index contributed by atoms with van der Waals surface area (Å²) in [7, 11) is 0. The van der Waals surface area contributed by atoms with Crippen molar-refractivity contribution >= 4 is 23.4 Å². The molecule has 0 bridgehead atoms. The van der Waals surface area contributed by atoms with Gasteiger partial charge in [0.1, 0.15) is 11.5 Å². The molecule has 0 fully saturated rings. The van der Waals surface area contributed by atoms with E-state index >= 15 is 0 Å². The minimum Gasteiger partial charge on any atom is -0.508 e. The van der Waals surface area contributed by atoms with Gasteiger partial charge in [-0.3, -0.25) is 20.4 Å². The predicted octanol–water partition coefficient (Wildman–Crippen LogP) is 2.77. The van der Waals surface area contributed by atoms with Crippen LogP contribution in [-0.2, 0) is 17.4 Å². The number of hydrogen-bond acceptors (Lipinski definition) is 4. The van der Waals surface area contributed by atoms with Crippen LogP contribution >= 0.6 is 11.6 Å². The lowest BCUT2D eigenvalue weighted by atomic mass is 10.1. The lowest BCUT2D eigenvalue weighted by Crippen LogP contribution is -2.43. The number of aromatic hydroxyl groups is 2. The normalized spacial score (nSPS) is 11.1. The van der Waals surface area contributed by atoms with Crippen molar-refractivity contribution in [3.05, 3.63) is 58.1 Å². The first kappa shape index (κ1) is 19.4. The average Bonchev–Trinajstić information content (AvgIpc) is 2.53. The number of phenols is 2. The number of carbonyl (C=O) groups excluding carboxylic acids is 2. The Morgan fingerprint density at radius 1 is 1.08 bits per heavy atom. The van der Waals surface area contributed by atoms with Gasteiger partial charge >= 0.3 is 6.18 Å². The predicted molar refractivity (Wildman–Crippen MR) is 85.5 cm³/mol. The van der Waals surface area contributed by atoms with Gasteiger partial charge in [0.25, 0.3) is 5.91 Å². The zero-order valence-electron chi connectivity index (χ0n) is 12.9. The van der Waals surface area contributed by atoms with Crippen molar-refractivity contribution in [2.45, 2.75) is 12.6 Å². The fourth-order valence-electron chi connectivity index (χ4n) is 2.07. The molecule has 2 aromatic rings. The van der Waals surface area contributed by atoms with Gasteiger partial charge in [-0.1, -0.05) is 23.7 Å². The molecule has 0 saturated heterocycles. The summed E-state index contributed by atoms with van der Waals surface area (Å²) < 4.78 is 39.0. The molecule has 2 aromatic carbocycles. The van der Waals surface area contributed by atoms with Crippen molar-refractivity contribution in [1.29, 1.82) is 0 Å². The van der Waals surface area contributed by atoms with Gasteiger partial charge in [-0.05, 0) is 29.8 Å². The highest BCUT2D eigenvalue weighted by molar-refractivity contribution is 6.32. The van der Waals surface area contributed by atoms with E-state index in [4.69, 9.17) is 11.6 Å². The van der Waals surface area contributed by atoms with Crippen molar-refractivity contribution in [3.8, 4) is 11.5 Å². The molecule has 0 unspecified atom stereocenters. The Morgan fingerprint density at radius 3 is 2.38 bits per heavy atom. The highest BCUT2D eigenvalue weighted by atomic mass is 35.5. The fourth-order valence-corrected chi connectivity index (χ4v) is 2.24. The molecule has 0 aliphatic carbocycles. The summed E-state index contributed by atoms with van der Waals surface area (Å²) in [6.07, 6.45) is -5.14. The second-order valence-corrected chi connectivity index (χ2v) is 5.60. The van der Waals surface area contributed by atoms with Crippen LogP contribution in [0.1, 0.15) is 21.5 Å². The van der Waals surface area contributed by atoms with Crippen LogP contribution < -0.4 is 10.9 Å². The first-order valence-corrected chi connectivity index (χ1v) is 7.42. The maximum absolute atomic E-state index is 13.0. The van der Waals surface area contributed by atoms with Crippen LogP contribution in [0.15, 0.2) is 36.4 Å². The molecular weight excluding hydrogens is 377 g/mol. The average molecular weight is 389 g/mol. The molecule has 0 heterocycles. The van der Waals surface area contributed by atoms with Crippen molar-refractivity contribution in [1.82, 2.24) is 10.9 Å². The van der Waals surface area contributed by atoms with E-state index in [0.717, 1.165) is 0 Å². The molecule has 0 aliphatic rings. The van der Waals surface area contributed by atoms with Crippen LogP contribution in [0.2, 0.25) is 5.02 Å². The standard InChI is InChI=1S/C16H12ClF3N2O4/c17-12-6-10(11(7-13(12)24)16(18,19)20)15(26)22-21-14(25)5-8-2-1-3-9(23)4-8/h1-4,6-7,23-24H,5H2,(H,21,25)(H,22,26). The van der Waals surface area contributed by atoms with Crippen molar-refractivity contribution in [2.24, 2.45) is 0 Å². The Balaban J connectivity index is 2.10.